The van der Waals surface area contributed by atoms with Gasteiger partial charge < -0.3 is 84.5 Å². The van der Waals surface area contributed by atoms with E-state index in [1.54, 1.807) is 101 Å². The number of hydrogen-bond donors (Lipinski definition) is 15. The maximum Gasteiger partial charge on any atom is 0.305 e. The summed E-state index contributed by atoms with van der Waals surface area (Å²) in [4.78, 5) is 177. The van der Waals surface area contributed by atoms with E-state index in [0.29, 0.717) is 39.6 Å². The Labute approximate surface area is 548 Å². The topological polar surface area (TPSA) is 445 Å². The van der Waals surface area contributed by atoms with Crippen molar-refractivity contribution >= 4 is 81.9 Å². The number of rotatable bonds is 18. The molecule has 1 aromatic heterocycles. The van der Waals surface area contributed by atoms with Crippen LogP contribution in [0.25, 0.3) is 10.9 Å². The number of hydrogen-bond acceptors (Lipinski definition) is 15. The Morgan fingerprint density at radius 3 is 1.53 bits per heavy atom. The number of fused-ring (bicyclic) bond motifs is 2. The number of amides is 11. The monoisotopic (exact) mass is 1310 g/mol. The molecule has 7 rings (SSSR count). The Balaban J connectivity index is 1.33. The first-order valence-electron chi connectivity index (χ1n) is 31.7. The van der Waals surface area contributed by atoms with Gasteiger partial charge in [0, 0.05) is 49.3 Å². The molecule has 0 radical (unpaired) electrons. The van der Waals surface area contributed by atoms with Crippen molar-refractivity contribution in [2.24, 2.45) is 23.3 Å². The van der Waals surface area contributed by atoms with Crippen molar-refractivity contribution in [1.82, 2.24) is 57.7 Å². The Morgan fingerprint density at radius 2 is 0.968 bits per heavy atom. The van der Waals surface area contributed by atoms with Gasteiger partial charge in [0.05, 0.1) is 12.8 Å². The Hall–Kier alpha value is -10.4. The standard InChI is InChI=1S/C67H85N13O15/c1-36(2)28-47-59(87)78-53(31-40-20-24-43(82)25-21-40)67(95)80-27-11-17-54(80)65(93)77-48(29-38-12-6-5-7-13-38)60(88)74-50(32-41-35-70-45-15-9-8-14-44(41)45)61(89)75-51(33-55(69)83)62(90)76-52(34-56(84)85)63(91)73-49(30-39-18-22-42(81)23-19-39)64(92)79-57(37(3)4)66(94)71-46(16-10-26-68)58(86)72-47/h5-9,12-15,18-25,35-37,46-54,57,70,81-82H,10-11,16-17,26-34,68H2,1-4H3,(H2,69,83)(H,71,94)(H,72,86)(H,73,91)(H,74,88)(H,75,89)(H,76,90)(H,77,93)(H,78,87)(H,79,92)(H,84,85). The zero-order valence-corrected chi connectivity index (χ0v) is 53.4. The van der Waals surface area contributed by atoms with Crippen molar-refractivity contribution in [1.29, 1.82) is 0 Å². The van der Waals surface area contributed by atoms with Crippen molar-refractivity contribution in [2.45, 2.75) is 159 Å². The van der Waals surface area contributed by atoms with Gasteiger partial charge in [-0.3, -0.25) is 57.5 Å². The molecule has 508 valence electrons. The molecule has 2 fully saturated rings. The number of nitrogens with one attached hydrogen (secondary N) is 10. The minimum absolute atomic E-state index is 0.0168. The molecule has 0 saturated carbocycles. The molecule has 2 aliphatic rings. The van der Waals surface area contributed by atoms with Gasteiger partial charge in [-0.25, -0.2) is 0 Å². The first-order valence-corrected chi connectivity index (χ1v) is 31.7. The van der Waals surface area contributed by atoms with Gasteiger partial charge in [0.2, 0.25) is 65.0 Å². The number of carboxylic acids is 1. The Bertz CT molecular complexity index is 3570. The Kier molecular flexibility index (Phi) is 25.8. The number of benzene rings is 4. The van der Waals surface area contributed by atoms with E-state index in [9.17, 15) is 63.3 Å². The van der Waals surface area contributed by atoms with Gasteiger partial charge in [0.25, 0.3) is 0 Å². The van der Waals surface area contributed by atoms with Gasteiger partial charge in [0.15, 0.2) is 0 Å². The average molecular weight is 1310 g/mol. The summed E-state index contributed by atoms with van der Waals surface area (Å²) in [7, 11) is 0. The van der Waals surface area contributed by atoms with Crippen LogP contribution in [0, 0.1) is 11.8 Å². The molecule has 5 aromatic rings. The lowest BCUT2D eigenvalue weighted by Gasteiger charge is -2.32. The summed E-state index contributed by atoms with van der Waals surface area (Å²) in [6.45, 7) is 6.83. The average Bonchev–Trinajstić information content (AvgIpc) is 1.78. The third-order valence-corrected chi connectivity index (χ3v) is 16.5. The molecule has 10 atom stereocenters. The van der Waals surface area contributed by atoms with Crippen LogP contribution in [0.4, 0.5) is 0 Å². The summed E-state index contributed by atoms with van der Waals surface area (Å²) in [5.74, 6) is -13.6. The number of para-hydroxylation sites is 1. The number of primary amides is 1. The van der Waals surface area contributed by atoms with E-state index in [2.05, 4.69) is 52.8 Å². The number of carbonyl (C=O) groups excluding carboxylic acids is 11. The molecule has 0 bridgehead atoms. The van der Waals surface area contributed by atoms with Crippen LogP contribution in [0.2, 0.25) is 0 Å². The molecule has 10 unspecified atom stereocenters. The van der Waals surface area contributed by atoms with Gasteiger partial charge >= 0.3 is 5.97 Å². The molecule has 28 heteroatoms. The van der Waals surface area contributed by atoms with Gasteiger partial charge in [-0.15, -0.1) is 0 Å². The fourth-order valence-corrected chi connectivity index (χ4v) is 11.5. The van der Waals surface area contributed by atoms with Crippen molar-refractivity contribution in [3.63, 3.8) is 0 Å². The summed E-state index contributed by atoms with van der Waals surface area (Å²) in [6, 6.07) is 11.2. The van der Waals surface area contributed by atoms with Crippen LogP contribution < -0.4 is 59.3 Å². The smallest absolute Gasteiger partial charge is 0.305 e. The summed E-state index contributed by atoms with van der Waals surface area (Å²) in [6.07, 6.45) is -0.933. The number of nitrogens with zero attached hydrogens (tertiary/aromatic N) is 1. The van der Waals surface area contributed by atoms with Crippen LogP contribution in [0.3, 0.4) is 0 Å². The zero-order chi connectivity index (χ0) is 69.0. The van der Waals surface area contributed by atoms with Crippen molar-refractivity contribution in [3.8, 4) is 11.5 Å². The van der Waals surface area contributed by atoms with E-state index in [0.717, 1.165) is 0 Å². The number of phenols is 2. The summed E-state index contributed by atoms with van der Waals surface area (Å²) in [5, 5.41) is 54.7. The highest BCUT2D eigenvalue weighted by molar-refractivity contribution is 6.01. The zero-order valence-electron chi connectivity index (χ0n) is 53.4. The largest absolute Gasteiger partial charge is 0.508 e. The van der Waals surface area contributed by atoms with Crippen molar-refractivity contribution < 1.29 is 72.9 Å². The molecule has 28 nitrogen and oxygen atoms in total. The summed E-state index contributed by atoms with van der Waals surface area (Å²) in [5.41, 5.74) is 14.1. The van der Waals surface area contributed by atoms with Crippen molar-refractivity contribution in [2.75, 3.05) is 13.1 Å². The first-order chi connectivity index (χ1) is 45.3. The maximum atomic E-state index is 15.2. The molecule has 0 spiro atoms. The van der Waals surface area contributed by atoms with E-state index in [4.69, 9.17) is 11.5 Å². The molecule has 3 heterocycles. The van der Waals surface area contributed by atoms with Crippen LogP contribution in [0.15, 0.2) is 109 Å². The highest BCUT2D eigenvalue weighted by Crippen LogP contribution is 2.24. The number of aromatic hydroxyl groups is 2. The van der Waals surface area contributed by atoms with E-state index >= 15 is 9.59 Å². The predicted octanol–water partition coefficient (Wildman–Crippen LogP) is 0.00860. The fourth-order valence-electron chi connectivity index (χ4n) is 11.5. The molecule has 0 aliphatic carbocycles. The van der Waals surface area contributed by atoms with Crippen LogP contribution in [-0.2, 0) is 83.2 Å². The molecule has 4 aromatic carbocycles. The molecule has 2 aliphatic heterocycles. The van der Waals surface area contributed by atoms with E-state index < -0.39 is 150 Å². The highest BCUT2D eigenvalue weighted by atomic mass is 16.4. The molecule has 2 saturated heterocycles. The number of aliphatic carboxylic acids is 1. The van der Waals surface area contributed by atoms with E-state index in [1.165, 1.54) is 41.3 Å². The second kappa shape index (κ2) is 34.0. The third-order valence-electron chi connectivity index (χ3n) is 16.5. The number of nitrogens with two attached hydrogens (primary N) is 2. The van der Waals surface area contributed by atoms with Gasteiger partial charge in [-0.05, 0) is 103 Å². The molecule has 95 heavy (non-hydrogen) atoms. The van der Waals surface area contributed by atoms with Crippen LogP contribution in [0.5, 0.6) is 11.5 Å². The fraction of sp³-hybridized carbons (Fsp3) is 0.433. The molecule has 17 N–H and O–H groups in total. The van der Waals surface area contributed by atoms with Crippen molar-refractivity contribution in [3.05, 3.63) is 132 Å². The molecule has 11 amide bonds. The summed E-state index contributed by atoms with van der Waals surface area (Å²) < 4.78 is 0. The van der Waals surface area contributed by atoms with Crippen LogP contribution in [0.1, 0.15) is 94.9 Å². The van der Waals surface area contributed by atoms with E-state index in [1.807, 2.05) is 0 Å². The van der Waals surface area contributed by atoms with Gasteiger partial charge in [-0.1, -0.05) is 100 Å². The van der Waals surface area contributed by atoms with Crippen LogP contribution >= 0.6 is 0 Å². The van der Waals surface area contributed by atoms with E-state index in [-0.39, 0.29) is 81.9 Å². The first kappa shape index (κ1) is 72.1. The lowest BCUT2D eigenvalue weighted by atomic mass is 9.99. The maximum absolute atomic E-state index is 15.2. The summed E-state index contributed by atoms with van der Waals surface area (Å²) >= 11 is 0. The number of aromatic amines is 1. The minimum atomic E-state index is -2.05. The second-order valence-corrected chi connectivity index (χ2v) is 24.7. The van der Waals surface area contributed by atoms with Crippen LogP contribution in [-0.4, -0.2) is 170 Å². The predicted molar refractivity (Wildman–Crippen MR) is 347 cm³/mol. The molecular formula is C67H85N13O15. The highest BCUT2D eigenvalue weighted by Gasteiger charge is 2.42. The second-order valence-electron chi connectivity index (χ2n) is 24.7. The normalized spacial score (nSPS) is 23.6. The number of carboxylic acid groups (broad SMARTS) is 1. The van der Waals surface area contributed by atoms with Gasteiger partial charge in [0.1, 0.15) is 71.9 Å². The molecular weight excluding hydrogens is 1230 g/mol. The number of phenolic OH excluding ortho intramolecular Hbond substituents is 2. The lowest BCUT2D eigenvalue weighted by Crippen LogP contribution is -2.62. The lowest BCUT2D eigenvalue weighted by molar-refractivity contribution is -0.142. The Morgan fingerprint density at radius 1 is 0.516 bits per heavy atom. The minimum Gasteiger partial charge on any atom is -0.508 e. The van der Waals surface area contributed by atoms with Gasteiger partial charge in [-0.2, -0.15) is 0 Å². The number of aromatic nitrogens is 1. The third kappa shape index (κ3) is 20.8. The quantitative estimate of drug-likeness (QED) is 0.0549. The number of H-pyrrole nitrogens is 1. The number of carbonyl (C=O) groups is 12. The SMILES string of the molecule is CC(C)CC1NC(=O)C(CCCN)NC(=O)C(C(C)C)NC(=O)C(Cc2ccc(O)cc2)NC(=O)C(CC(=O)O)NC(=O)C(CC(N)=O)NC(=O)C(Cc2c[nH]c3ccccc23)NC(=O)C(Cc2ccccc2)NC(=O)C2CCCN2C(=O)C(Cc2ccc(O)cc2)NC1=O.